The van der Waals surface area contributed by atoms with Gasteiger partial charge in [0.15, 0.2) is 0 Å². The second-order valence-corrected chi connectivity index (χ2v) is 6.24. The molecule has 2 aromatic rings. The molecule has 0 aliphatic heterocycles. The molecule has 0 N–H and O–H groups in total. The topological polar surface area (TPSA) is 29.5 Å². The minimum atomic E-state index is -0.0522. The Morgan fingerprint density at radius 1 is 1.17 bits per heavy atom. The van der Waals surface area contributed by atoms with Crippen LogP contribution in [0.2, 0.25) is 0 Å². The van der Waals surface area contributed by atoms with E-state index >= 15 is 0 Å². The van der Waals surface area contributed by atoms with E-state index < -0.39 is 0 Å². The standard InChI is InChI=1S/C19H20BrNO2/c1-14(2)19(22)21(12-15-7-5-4-6-8-15)13-16-11-17(23-3)9-10-18(16)20/h4-11H,1,12-13H2,2-3H3. The van der Waals surface area contributed by atoms with Crippen molar-refractivity contribution in [2.24, 2.45) is 0 Å². The summed E-state index contributed by atoms with van der Waals surface area (Å²) in [5.41, 5.74) is 2.61. The maximum absolute atomic E-state index is 12.5. The van der Waals surface area contributed by atoms with Crippen molar-refractivity contribution in [3.05, 3.63) is 76.3 Å². The van der Waals surface area contributed by atoms with E-state index in [1.165, 1.54) is 0 Å². The fourth-order valence-corrected chi connectivity index (χ4v) is 2.65. The van der Waals surface area contributed by atoms with Crippen molar-refractivity contribution in [3.8, 4) is 5.75 Å². The van der Waals surface area contributed by atoms with Crippen LogP contribution < -0.4 is 4.74 Å². The monoisotopic (exact) mass is 373 g/mol. The zero-order valence-electron chi connectivity index (χ0n) is 13.4. The van der Waals surface area contributed by atoms with Gasteiger partial charge in [0, 0.05) is 23.1 Å². The highest BCUT2D eigenvalue weighted by Crippen LogP contribution is 2.25. The summed E-state index contributed by atoms with van der Waals surface area (Å²) in [7, 11) is 1.63. The number of carbonyl (C=O) groups is 1. The summed E-state index contributed by atoms with van der Waals surface area (Å²) in [5, 5.41) is 0. The zero-order valence-corrected chi connectivity index (χ0v) is 15.0. The molecule has 0 spiro atoms. The number of hydrogen-bond donors (Lipinski definition) is 0. The highest BCUT2D eigenvalue weighted by atomic mass is 79.9. The molecule has 0 atom stereocenters. The van der Waals surface area contributed by atoms with Gasteiger partial charge in [0.05, 0.1) is 7.11 Å². The first kappa shape index (κ1) is 17.3. The van der Waals surface area contributed by atoms with Gasteiger partial charge in [-0.15, -0.1) is 0 Å². The van der Waals surface area contributed by atoms with Crippen molar-refractivity contribution in [2.75, 3.05) is 7.11 Å². The Balaban J connectivity index is 2.27. The third kappa shape index (κ3) is 4.70. The van der Waals surface area contributed by atoms with E-state index in [1.807, 2.05) is 48.5 Å². The Morgan fingerprint density at radius 3 is 2.48 bits per heavy atom. The second kappa shape index (κ2) is 7.97. The van der Waals surface area contributed by atoms with E-state index in [-0.39, 0.29) is 5.91 Å². The average molecular weight is 374 g/mol. The lowest BCUT2D eigenvalue weighted by Gasteiger charge is -2.24. The van der Waals surface area contributed by atoms with Gasteiger partial charge in [-0.2, -0.15) is 0 Å². The first-order valence-corrected chi connectivity index (χ1v) is 8.11. The summed E-state index contributed by atoms with van der Waals surface area (Å²) in [6.07, 6.45) is 0. The molecule has 23 heavy (non-hydrogen) atoms. The Labute approximate surface area is 145 Å². The lowest BCUT2D eigenvalue weighted by molar-refractivity contribution is -0.128. The molecule has 0 unspecified atom stereocenters. The van der Waals surface area contributed by atoms with Crippen LogP contribution in [0.3, 0.4) is 0 Å². The summed E-state index contributed by atoms with van der Waals surface area (Å²) in [6, 6.07) is 15.7. The third-order valence-corrected chi connectivity index (χ3v) is 4.26. The van der Waals surface area contributed by atoms with Crippen molar-refractivity contribution in [1.29, 1.82) is 0 Å². The number of carbonyl (C=O) groups excluding carboxylic acids is 1. The molecular formula is C19H20BrNO2. The number of nitrogens with zero attached hydrogens (tertiary/aromatic N) is 1. The van der Waals surface area contributed by atoms with Gasteiger partial charge in [0.1, 0.15) is 5.75 Å². The smallest absolute Gasteiger partial charge is 0.249 e. The molecule has 0 aliphatic rings. The van der Waals surface area contributed by atoms with Gasteiger partial charge >= 0.3 is 0 Å². The van der Waals surface area contributed by atoms with Crippen molar-refractivity contribution in [2.45, 2.75) is 20.0 Å². The summed E-state index contributed by atoms with van der Waals surface area (Å²) < 4.78 is 6.23. The number of halogens is 1. The molecule has 0 radical (unpaired) electrons. The fraction of sp³-hybridized carbons (Fsp3) is 0.211. The third-order valence-electron chi connectivity index (χ3n) is 3.48. The normalized spacial score (nSPS) is 10.2. The van der Waals surface area contributed by atoms with Crippen LogP contribution >= 0.6 is 15.9 Å². The van der Waals surface area contributed by atoms with Gasteiger partial charge in [-0.1, -0.05) is 52.8 Å². The predicted octanol–water partition coefficient (Wildman–Crippen LogP) is 4.56. The van der Waals surface area contributed by atoms with E-state index in [0.29, 0.717) is 18.7 Å². The molecule has 0 heterocycles. The van der Waals surface area contributed by atoms with Crippen molar-refractivity contribution in [3.63, 3.8) is 0 Å². The van der Waals surface area contributed by atoms with Crippen molar-refractivity contribution in [1.82, 2.24) is 4.90 Å². The van der Waals surface area contributed by atoms with Crippen LogP contribution in [0.1, 0.15) is 18.1 Å². The fourth-order valence-electron chi connectivity index (χ4n) is 2.28. The minimum Gasteiger partial charge on any atom is -0.497 e. The molecule has 120 valence electrons. The number of rotatable bonds is 6. The molecule has 0 aromatic heterocycles. The molecule has 0 bridgehead atoms. The van der Waals surface area contributed by atoms with Crippen LogP contribution in [0.5, 0.6) is 5.75 Å². The van der Waals surface area contributed by atoms with E-state index in [0.717, 1.165) is 21.3 Å². The van der Waals surface area contributed by atoms with E-state index in [9.17, 15) is 4.79 Å². The van der Waals surface area contributed by atoms with Crippen LogP contribution in [0.25, 0.3) is 0 Å². The van der Waals surface area contributed by atoms with Crippen molar-refractivity contribution >= 4 is 21.8 Å². The van der Waals surface area contributed by atoms with Gasteiger partial charge in [0.2, 0.25) is 5.91 Å². The Morgan fingerprint density at radius 2 is 1.87 bits per heavy atom. The number of hydrogen-bond acceptors (Lipinski definition) is 2. The maximum Gasteiger partial charge on any atom is 0.249 e. The highest BCUT2D eigenvalue weighted by molar-refractivity contribution is 9.10. The van der Waals surface area contributed by atoms with Crippen molar-refractivity contribution < 1.29 is 9.53 Å². The van der Waals surface area contributed by atoms with E-state index in [1.54, 1.807) is 18.9 Å². The predicted molar refractivity (Wildman–Crippen MR) is 96.2 cm³/mol. The van der Waals surface area contributed by atoms with Crippen LogP contribution in [-0.2, 0) is 17.9 Å². The van der Waals surface area contributed by atoms with E-state index in [4.69, 9.17) is 4.74 Å². The first-order valence-electron chi connectivity index (χ1n) is 7.32. The SMILES string of the molecule is C=C(C)C(=O)N(Cc1ccccc1)Cc1cc(OC)ccc1Br. The summed E-state index contributed by atoms with van der Waals surface area (Å²) in [5.74, 6) is 0.717. The number of ether oxygens (including phenoxy) is 1. The zero-order chi connectivity index (χ0) is 16.8. The summed E-state index contributed by atoms with van der Waals surface area (Å²) in [6.45, 7) is 6.55. The van der Waals surface area contributed by atoms with E-state index in [2.05, 4.69) is 22.5 Å². The average Bonchev–Trinajstić information content (AvgIpc) is 2.56. The van der Waals surface area contributed by atoms with Gasteiger partial charge in [-0.05, 0) is 36.2 Å². The second-order valence-electron chi connectivity index (χ2n) is 5.38. The number of amides is 1. The first-order chi connectivity index (χ1) is 11.0. The van der Waals surface area contributed by atoms with Gasteiger partial charge in [-0.3, -0.25) is 4.79 Å². The molecule has 0 aliphatic carbocycles. The van der Waals surface area contributed by atoms with Crippen LogP contribution in [0.4, 0.5) is 0 Å². The Hall–Kier alpha value is -2.07. The molecule has 0 fully saturated rings. The molecule has 2 rings (SSSR count). The maximum atomic E-state index is 12.5. The largest absolute Gasteiger partial charge is 0.497 e. The summed E-state index contributed by atoms with van der Waals surface area (Å²) in [4.78, 5) is 14.3. The lowest BCUT2D eigenvalue weighted by Crippen LogP contribution is -2.30. The molecule has 0 saturated carbocycles. The molecule has 1 amide bonds. The number of methoxy groups -OCH3 is 1. The Bertz CT molecular complexity index is 698. The lowest BCUT2D eigenvalue weighted by atomic mass is 10.1. The quantitative estimate of drug-likeness (QED) is 0.694. The number of benzene rings is 2. The Kier molecular flexibility index (Phi) is 5.99. The molecule has 2 aromatic carbocycles. The summed E-state index contributed by atoms with van der Waals surface area (Å²) >= 11 is 3.54. The molecule has 3 nitrogen and oxygen atoms in total. The molecule has 0 saturated heterocycles. The highest BCUT2D eigenvalue weighted by Gasteiger charge is 2.17. The van der Waals surface area contributed by atoms with Crippen LogP contribution in [-0.4, -0.2) is 17.9 Å². The van der Waals surface area contributed by atoms with Crippen LogP contribution in [0, 0.1) is 0 Å². The van der Waals surface area contributed by atoms with Crippen LogP contribution in [0.15, 0.2) is 65.2 Å². The van der Waals surface area contributed by atoms with Gasteiger partial charge in [-0.25, -0.2) is 0 Å². The molecule has 4 heteroatoms. The van der Waals surface area contributed by atoms with Gasteiger partial charge < -0.3 is 9.64 Å². The minimum absolute atomic E-state index is 0.0522. The molecular weight excluding hydrogens is 354 g/mol. The van der Waals surface area contributed by atoms with Gasteiger partial charge in [0.25, 0.3) is 0 Å².